The Kier molecular flexibility index (Phi) is 3.79. The van der Waals surface area contributed by atoms with Crippen LogP contribution in [0.5, 0.6) is 0 Å². The zero-order chi connectivity index (χ0) is 10.5. The first-order valence-corrected chi connectivity index (χ1v) is 6.21. The van der Waals surface area contributed by atoms with Crippen molar-refractivity contribution in [2.24, 2.45) is 0 Å². The van der Waals surface area contributed by atoms with Gasteiger partial charge in [-0.05, 0) is 37.9 Å². The van der Waals surface area contributed by atoms with Crippen LogP contribution in [0.3, 0.4) is 0 Å². The van der Waals surface area contributed by atoms with Crippen LogP contribution < -0.4 is 0 Å². The molecule has 1 aliphatic rings. The summed E-state index contributed by atoms with van der Waals surface area (Å²) in [6.45, 7) is 4.87. The van der Waals surface area contributed by atoms with Crippen molar-refractivity contribution in [2.75, 3.05) is 13.1 Å². The SMILES string of the molecule is CC[C@H](c1ccccc1)N1CCCCC1. The second-order valence-electron chi connectivity index (χ2n) is 4.43. The van der Waals surface area contributed by atoms with Crippen LogP contribution in [0.4, 0.5) is 0 Å². The number of hydrogen-bond donors (Lipinski definition) is 0. The van der Waals surface area contributed by atoms with Gasteiger partial charge in [-0.1, -0.05) is 43.7 Å². The lowest BCUT2D eigenvalue weighted by Gasteiger charge is -2.34. The van der Waals surface area contributed by atoms with Gasteiger partial charge in [0.15, 0.2) is 0 Å². The van der Waals surface area contributed by atoms with Crippen molar-refractivity contribution in [3.8, 4) is 0 Å². The highest BCUT2D eigenvalue weighted by molar-refractivity contribution is 5.19. The molecule has 1 aromatic rings. The molecule has 1 fully saturated rings. The molecule has 0 amide bonds. The Labute approximate surface area is 93.1 Å². The number of nitrogens with zero attached hydrogens (tertiary/aromatic N) is 1. The maximum atomic E-state index is 2.65. The van der Waals surface area contributed by atoms with E-state index in [0.717, 1.165) is 0 Å². The van der Waals surface area contributed by atoms with Gasteiger partial charge in [0.05, 0.1) is 0 Å². The van der Waals surface area contributed by atoms with Crippen molar-refractivity contribution in [3.63, 3.8) is 0 Å². The van der Waals surface area contributed by atoms with Crippen molar-refractivity contribution in [1.82, 2.24) is 4.90 Å². The lowest BCUT2D eigenvalue weighted by Crippen LogP contribution is -2.33. The van der Waals surface area contributed by atoms with Gasteiger partial charge < -0.3 is 0 Å². The van der Waals surface area contributed by atoms with Gasteiger partial charge in [-0.25, -0.2) is 0 Å². The molecule has 0 spiro atoms. The van der Waals surface area contributed by atoms with E-state index in [-0.39, 0.29) is 0 Å². The second kappa shape index (κ2) is 5.32. The second-order valence-corrected chi connectivity index (χ2v) is 4.43. The van der Waals surface area contributed by atoms with E-state index in [1.54, 1.807) is 0 Å². The molecule has 15 heavy (non-hydrogen) atoms. The molecule has 0 aliphatic carbocycles. The first kappa shape index (κ1) is 10.7. The van der Waals surface area contributed by atoms with E-state index in [1.165, 1.54) is 44.3 Å². The molecule has 82 valence electrons. The van der Waals surface area contributed by atoms with Crippen LogP contribution >= 0.6 is 0 Å². The third-order valence-electron chi connectivity index (χ3n) is 3.40. The van der Waals surface area contributed by atoms with E-state index in [9.17, 15) is 0 Å². The molecule has 1 aromatic carbocycles. The summed E-state index contributed by atoms with van der Waals surface area (Å²) >= 11 is 0. The summed E-state index contributed by atoms with van der Waals surface area (Å²) in [4.78, 5) is 2.65. The lowest BCUT2D eigenvalue weighted by molar-refractivity contribution is 0.159. The highest BCUT2D eigenvalue weighted by Gasteiger charge is 2.19. The summed E-state index contributed by atoms with van der Waals surface area (Å²) in [6, 6.07) is 11.6. The zero-order valence-electron chi connectivity index (χ0n) is 9.65. The molecule has 1 heterocycles. The van der Waals surface area contributed by atoms with Crippen LogP contribution in [0.15, 0.2) is 30.3 Å². The van der Waals surface area contributed by atoms with Gasteiger partial charge in [0.2, 0.25) is 0 Å². The maximum absolute atomic E-state index is 2.65. The summed E-state index contributed by atoms with van der Waals surface area (Å²) in [6.07, 6.45) is 5.40. The largest absolute Gasteiger partial charge is 0.296 e. The maximum Gasteiger partial charge on any atom is 0.0345 e. The van der Waals surface area contributed by atoms with Crippen LogP contribution in [0, 0.1) is 0 Å². The molecule has 0 bridgehead atoms. The van der Waals surface area contributed by atoms with E-state index >= 15 is 0 Å². The van der Waals surface area contributed by atoms with Crippen molar-refractivity contribution < 1.29 is 0 Å². The van der Waals surface area contributed by atoms with E-state index < -0.39 is 0 Å². The van der Waals surface area contributed by atoms with Gasteiger partial charge in [0, 0.05) is 6.04 Å². The molecule has 0 saturated carbocycles. The van der Waals surface area contributed by atoms with Crippen LogP contribution in [0.2, 0.25) is 0 Å². The lowest BCUT2D eigenvalue weighted by atomic mass is 10.00. The Balaban J connectivity index is 2.09. The highest BCUT2D eigenvalue weighted by atomic mass is 15.2. The molecule has 1 atom stereocenters. The minimum atomic E-state index is 0.645. The summed E-state index contributed by atoms with van der Waals surface area (Å²) in [5, 5.41) is 0. The summed E-state index contributed by atoms with van der Waals surface area (Å²) in [5.74, 6) is 0. The molecule has 0 aromatic heterocycles. The predicted octanol–water partition coefficient (Wildman–Crippen LogP) is 3.62. The fourth-order valence-corrected chi connectivity index (χ4v) is 2.61. The number of likely N-dealkylation sites (tertiary alicyclic amines) is 1. The van der Waals surface area contributed by atoms with Gasteiger partial charge in [-0.2, -0.15) is 0 Å². The average molecular weight is 203 g/mol. The standard InChI is InChI=1S/C14H21N/c1-2-14(13-9-5-3-6-10-13)15-11-7-4-8-12-15/h3,5-6,9-10,14H,2,4,7-8,11-12H2,1H3/t14-/m1/s1. The Morgan fingerprint density at radius 1 is 1.07 bits per heavy atom. The Morgan fingerprint density at radius 3 is 2.33 bits per heavy atom. The molecular weight excluding hydrogens is 182 g/mol. The molecular formula is C14H21N. The summed E-state index contributed by atoms with van der Waals surface area (Å²) < 4.78 is 0. The first-order valence-electron chi connectivity index (χ1n) is 6.21. The van der Waals surface area contributed by atoms with E-state index in [4.69, 9.17) is 0 Å². The Hall–Kier alpha value is -0.820. The Morgan fingerprint density at radius 2 is 1.73 bits per heavy atom. The molecule has 1 heteroatoms. The normalized spacial score (nSPS) is 20.1. The summed E-state index contributed by atoms with van der Waals surface area (Å²) in [7, 11) is 0. The third-order valence-corrected chi connectivity index (χ3v) is 3.40. The van der Waals surface area contributed by atoms with Crippen LogP contribution in [-0.4, -0.2) is 18.0 Å². The number of piperidine rings is 1. The number of benzene rings is 1. The molecule has 1 aliphatic heterocycles. The van der Waals surface area contributed by atoms with E-state index in [1.807, 2.05) is 0 Å². The smallest absolute Gasteiger partial charge is 0.0345 e. The monoisotopic (exact) mass is 203 g/mol. The molecule has 0 N–H and O–H groups in total. The fourth-order valence-electron chi connectivity index (χ4n) is 2.61. The van der Waals surface area contributed by atoms with Crippen molar-refractivity contribution in [1.29, 1.82) is 0 Å². The molecule has 2 rings (SSSR count). The highest BCUT2D eigenvalue weighted by Crippen LogP contribution is 2.26. The van der Waals surface area contributed by atoms with Gasteiger partial charge in [0.25, 0.3) is 0 Å². The minimum absolute atomic E-state index is 0.645. The quantitative estimate of drug-likeness (QED) is 0.725. The number of rotatable bonds is 3. The third kappa shape index (κ3) is 2.60. The van der Waals surface area contributed by atoms with Crippen LogP contribution in [0.25, 0.3) is 0 Å². The first-order chi connectivity index (χ1) is 7.42. The van der Waals surface area contributed by atoms with Crippen molar-refractivity contribution >= 4 is 0 Å². The molecule has 0 unspecified atom stereocenters. The fraction of sp³-hybridized carbons (Fsp3) is 0.571. The molecule has 1 nitrogen and oxygen atoms in total. The minimum Gasteiger partial charge on any atom is -0.296 e. The van der Waals surface area contributed by atoms with E-state index in [2.05, 4.69) is 42.2 Å². The zero-order valence-corrected chi connectivity index (χ0v) is 9.65. The Bertz CT molecular complexity index is 275. The van der Waals surface area contributed by atoms with E-state index in [0.29, 0.717) is 6.04 Å². The summed E-state index contributed by atoms with van der Waals surface area (Å²) in [5.41, 5.74) is 1.49. The van der Waals surface area contributed by atoms with Gasteiger partial charge in [-0.3, -0.25) is 4.90 Å². The van der Waals surface area contributed by atoms with Gasteiger partial charge in [0.1, 0.15) is 0 Å². The van der Waals surface area contributed by atoms with Crippen molar-refractivity contribution in [3.05, 3.63) is 35.9 Å². The molecule has 0 radical (unpaired) electrons. The molecule has 1 saturated heterocycles. The van der Waals surface area contributed by atoms with Crippen LogP contribution in [-0.2, 0) is 0 Å². The van der Waals surface area contributed by atoms with Crippen LogP contribution in [0.1, 0.15) is 44.2 Å². The average Bonchev–Trinajstić information content (AvgIpc) is 2.33. The predicted molar refractivity (Wildman–Crippen MR) is 64.9 cm³/mol. The topological polar surface area (TPSA) is 3.24 Å². The van der Waals surface area contributed by atoms with Gasteiger partial charge in [-0.15, -0.1) is 0 Å². The number of hydrogen-bond acceptors (Lipinski definition) is 1. The van der Waals surface area contributed by atoms with Crippen molar-refractivity contribution in [2.45, 2.75) is 38.6 Å². The van der Waals surface area contributed by atoms with Gasteiger partial charge >= 0.3 is 0 Å².